The predicted molar refractivity (Wildman–Crippen MR) is 56.6 cm³/mol. The van der Waals surface area contributed by atoms with E-state index in [2.05, 4.69) is 10.1 Å². The molecule has 0 radical (unpaired) electrons. The molecular formula is C9H12N2O3S. The number of nitrogens with two attached hydrogens (primary N) is 1. The number of methoxy groups -OCH3 is 1. The van der Waals surface area contributed by atoms with Crippen molar-refractivity contribution in [2.75, 3.05) is 13.7 Å². The van der Waals surface area contributed by atoms with E-state index < -0.39 is 12.0 Å². The summed E-state index contributed by atoms with van der Waals surface area (Å²) in [6, 6.07) is 2.64. The summed E-state index contributed by atoms with van der Waals surface area (Å²) in [5, 5.41) is 4.27. The van der Waals surface area contributed by atoms with Gasteiger partial charge in [-0.2, -0.15) is 0 Å². The van der Waals surface area contributed by atoms with Crippen molar-refractivity contribution in [1.82, 2.24) is 5.32 Å². The van der Waals surface area contributed by atoms with E-state index in [0.29, 0.717) is 4.88 Å². The van der Waals surface area contributed by atoms with Crippen LogP contribution in [0.2, 0.25) is 0 Å². The minimum atomic E-state index is -0.787. The second-order valence-electron chi connectivity index (χ2n) is 2.76. The molecule has 1 unspecified atom stereocenters. The fourth-order valence-electron chi connectivity index (χ4n) is 0.993. The van der Waals surface area contributed by atoms with Crippen LogP contribution in [0.5, 0.6) is 0 Å². The Kier molecular flexibility index (Phi) is 4.26. The smallest absolute Gasteiger partial charge is 0.329 e. The lowest BCUT2D eigenvalue weighted by Gasteiger charge is -2.13. The number of ether oxygens (including phenoxy) is 1. The lowest BCUT2D eigenvalue weighted by atomic mass is 10.3. The number of hydrogen-bond acceptors (Lipinski definition) is 5. The van der Waals surface area contributed by atoms with Gasteiger partial charge >= 0.3 is 5.97 Å². The number of esters is 1. The van der Waals surface area contributed by atoms with Gasteiger partial charge in [0.15, 0.2) is 0 Å². The third kappa shape index (κ3) is 3.03. The highest BCUT2D eigenvalue weighted by Crippen LogP contribution is 2.08. The largest absolute Gasteiger partial charge is 0.467 e. The molecular weight excluding hydrogens is 216 g/mol. The molecule has 1 atom stereocenters. The first kappa shape index (κ1) is 11.7. The van der Waals surface area contributed by atoms with E-state index in [1.54, 1.807) is 17.5 Å². The van der Waals surface area contributed by atoms with Gasteiger partial charge in [0.2, 0.25) is 0 Å². The molecule has 15 heavy (non-hydrogen) atoms. The molecule has 0 fully saturated rings. The zero-order valence-corrected chi connectivity index (χ0v) is 9.04. The van der Waals surface area contributed by atoms with Gasteiger partial charge < -0.3 is 15.8 Å². The Labute approximate surface area is 91.2 Å². The molecule has 5 nitrogen and oxygen atoms in total. The van der Waals surface area contributed by atoms with E-state index in [1.807, 2.05) is 0 Å². The fourth-order valence-corrected chi connectivity index (χ4v) is 1.62. The zero-order chi connectivity index (χ0) is 11.3. The molecule has 0 aliphatic carbocycles. The van der Waals surface area contributed by atoms with Gasteiger partial charge in [-0.05, 0) is 11.4 Å². The number of nitrogens with one attached hydrogen (secondary N) is 1. The number of rotatable bonds is 4. The van der Waals surface area contributed by atoms with E-state index in [4.69, 9.17) is 5.73 Å². The Morgan fingerprint density at radius 1 is 1.67 bits per heavy atom. The molecule has 0 aromatic carbocycles. The van der Waals surface area contributed by atoms with Crippen LogP contribution in [0.15, 0.2) is 17.5 Å². The summed E-state index contributed by atoms with van der Waals surface area (Å²) in [6.07, 6.45) is 0. The van der Waals surface area contributed by atoms with Crippen LogP contribution >= 0.6 is 11.3 Å². The lowest BCUT2D eigenvalue weighted by molar-refractivity contribution is -0.142. The standard InChI is InChI=1S/C9H12N2O3S/c1-14-9(13)6(5-10)11-8(12)7-3-2-4-15-7/h2-4,6H,5,10H2,1H3,(H,11,12). The molecule has 1 aromatic rings. The second-order valence-corrected chi connectivity index (χ2v) is 3.71. The molecule has 1 heterocycles. The average molecular weight is 228 g/mol. The molecule has 3 N–H and O–H groups in total. The summed E-state index contributed by atoms with van der Waals surface area (Å²) in [5.41, 5.74) is 5.34. The average Bonchev–Trinajstić information content (AvgIpc) is 2.77. The maximum absolute atomic E-state index is 11.5. The van der Waals surface area contributed by atoms with Crippen LogP contribution in [-0.4, -0.2) is 31.6 Å². The molecule has 1 amide bonds. The molecule has 0 aliphatic rings. The van der Waals surface area contributed by atoms with E-state index in [1.165, 1.54) is 18.4 Å². The van der Waals surface area contributed by atoms with Gasteiger partial charge in [-0.25, -0.2) is 4.79 Å². The Hall–Kier alpha value is -1.40. The summed E-state index contributed by atoms with van der Waals surface area (Å²) >= 11 is 1.30. The highest BCUT2D eigenvalue weighted by atomic mass is 32.1. The zero-order valence-electron chi connectivity index (χ0n) is 8.23. The summed E-state index contributed by atoms with van der Waals surface area (Å²) in [7, 11) is 1.25. The maximum atomic E-state index is 11.5. The third-order valence-electron chi connectivity index (χ3n) is 1.77. The van der Waals surface area contributed by atoms with E-state index in [-0.39, 0.29) is 12.5 Å². The quantitative estimate of drug-likeness (QED) is 0.709. The van der Waals surface area contributed by atoms with Crippen LogP contribution in [0.25, 0.3) is 0 Å². The van der Waals surface area contributed by atoms with Crippen LogP contribution in [0.3, 0.4) is 0 Å². The number of carbonyl (C=O) groups excluding carboxylic acids is 2. The first-order chi connectivity index (χ1) is 7.19. The van der Waals surface area contributed by atoms with Crippen LogP contribution in [-0.2, 0) is 9.53 Å². The first-order valence-electron chi connectivity index (χ1n) is 4.31. The molecule has 6 heteroatoms. The molecule has 1 rings (SSSR count). The molecule has 0 spiro atoms. The third-order valence-corrected chi connectivity index (χ3v) is 2.64. The number of amides is 1. The van der Waals surface area contributed by atoms with Crippen molar-refractivity contribution < 1.29 is 14.3 Å². The van der Waals surface area contributed by atoms with E-state index >= 15 is 0 Å². The minimum Gasteiger partial charge on any atom is -0.467 e. The van der Waals surface area contributed by atoms with Gasteiger partial charge in [0.05, 0.1) is 12.0 Å². The Morgan fingerprint density at radius 2 is 2.40 bits per heavy atom. The highest BCUT2D eigenvalue weighted by molar-refractivity contribution is 7.12. The van der Waals surface area contributed by atoms with Gasteiger partial charge in [0.1, 0.15) is 6.04 Å². The van der Waals surface area contributed by atoms with Crippen LogP contribution in [0.1, 0.15) is 9.67 Å². The molecule has 82 valence electrons. The van der Waals surface area contributed by atoms with E-state index in [9.17, 15) is 9.59 Å². The summed E-state index contributed by atoms with van der Waals surface area (Å²) < 4.78 is 4.49. The summed E-state index contributed by atoms with van der Waals surface area (Å²) in [6.45, 7) is 0.0176. The topological polar surface area (TPSA) is 81.4 Å². The van der Waals surface area contributed by atoms with Crippen LogP contribution in [0.4, 0.5) is 0 Å². The second kappa shape index (κ2) is 5.47. The molecule has 0 aliphatic heterocycles. The van der Waals surface area contributed by atoms with Crippen LogP contribution in [0, 0.1) is 0 Å². The van der Waals surface area contributed by atoms with Crippen molar-refractivity contribution in [1.29, 1.82) is 0 Å². The molecule has 0 bridgehead atoms. The minimum absolute atomic E-state index is 0.0176. The monoisotopic (exact) mass is 228 g/mol. The summed E-state index contributed by atoms with van der Waals surface area (Å²) in [5.74, 6) is -0.853. The summed E-state index contributed by atoms with van der Waals surface area (Å²) in [4.78, 5) is 23.2. The molecule has 0 saturated heterocycles. The maximum Gasteiger partial charge on any atom is 0.329 e. The van der Waals surface area contributed by atoms with Gasteiger partial charge in [-0.15, -0.1) is 11.3 Å². The predicted octanol–water partition coefficient (Wildman–Crippen LogP) is -0.0218. The fraction of sp³-hybridized carbons (Fsp3) is 0.333. The Morgan fingerprint density at radius 3 is 2.87 bits per heavy atom. The molecule has 1 aromatic heterocycles. The van der Waals surface area contributed by atoms with Crippen molar-refractivity contribution in [3.05, 3.63) is 22.4 Å². The normalized spacial score (nSPS) is 11.9. The van der Waals surface area contributed by atoms with Crippen molar-refractivity contribution >= 4 is 23.2 Å². The number of hydrogen-bond donors (Lipinski definition) is 2. The SMILES string of the molecule is COC(=O)C(CN)NC(=O)c1cccs1. The lowest BCUT2D eigenvalue weighted by Crippen LogP contribution is -2.46. The van der Waals surface area contributed by atoms with Crippen molar-refractivity contribution in [2.24, 2.45) is 5.73 Å². The first-order valence-corrected chi connectivity index (χ1v) is 5.19. The van der Waals surface area contributed by atoms with Crippen molar-refractivity contribution in [3.8, 4) is 0 Å². The van der Waals surface area contributed by atoms with Crippen molar-refractivity contribution in [2.45, 2.75) is 6.04 Å². The van der Waals surface area contributed by atoms with Crippen molar-refractivity contribution in [3.63, 3.8) is 0 Å². The van der Waals surface area contributed by atoms with Crippen LogP contribution < -0.4 is 11.1 Å². The van der Waals surface area contributed by atoms with Gasteiger partial charge in [-0.3, -0.25) is 4.79 Å². The number of thiophene rings is 1. The number of carbonyl (C=O) groups is 2. The Bertz CT molecular complexity index is 337. The van der Waals surface area contributed by atoms with Gasteiger partial charge in [-0.1, -0.05) is 6.07 Å². The highest BCUT2D eigenvalue weighted by Gasteiger charge is 2.20. The van der Waals surface area contributed by atoms with E-state index in [0.717, 1.165) is 0 Å². The van der Waals surface area contributed by atoms with Gasteiger partial charge in [0, 0.05) is 6.54 Å². The van der Waals surface area contributed by atoms with Gasteiger partial charge in [0.25, 0.3) is 5.91 Å². The molecule has 0 saturated carbocycles. The Balaban J connectivity index is 2.60.